The van der Waals surface area contributed by atoms with Crippen LogP contribution in [0.4, 0.5) is 5.82 Å². The summed E-state index contributed by atoms with van der Waals surface area (Å²) in [4.78, 5) is 12.1. The lowest BCUT2D eigenvalue weighted by Crippen LogP contribution is -2.44. The molecule has 0 aromatic carbocycles. The highest BCUT2D eigenvalue weighted by Gasteiger charge is 2.23. The zero-order valence-electron chi connectivity index (χ0n) is 12.3. The topological polar surface area (TPSA) is 56.1 Å². The Bertz CT molecular complexity index is 783. The molecule has 0 unspecified atom stereocenters. The summed E-state index contributed by atoms with van der Waals surface area (Å²) in [6.07, 6.45) is 5.69. The molecular formula is C15H17N5OS. The fraction of sp³-hybridized carbons (Fsp3) is 0.400. The standard InChI is InChI=1S/C15H17N5OS/c1-11-6-18-20(7-11)9-12-8-19(3-4-21-12)14-13-2-5-22-15(13)17-10-16-14/h2,5-7,10,12H,3-4,8-9H2,1H3/t12-/m0/s1. The number of hydrogen-bond donors (Lipinski definition) is 0. The van der Waals surface area contributed by atoms with E-state index in [1.165, 1.54) is 5.56 Å². The van der Waals surface area contributed by atoms with Crippen LogP contribution in [0.25, 0.3) is 10.2 Å². The number of thiophene rings is 1. The number of ether oxygens (including phenoxy) is 1. The van der Waals surface area contributed by atoms with Gasteiger partial charge in [0.15, 0.2) is 0 Å². The van der Waals surface area contributed by atoms with Gasteiger partial charge in [-0.15, -0.1) is 11.3 Å². The Balaban J connectivity index is 1.54. The van der Waals surface area contributed by atoms with Gasteiger partial charge in [-0.1, -0.05) is 0 Å². The van der Waals surface area contributed by atoms with Crippen LogP contribution in [0.5, 0.6) is 0 Å². The normalized spacial score (nSPS) is 19.0. The fourth-order valence-corrected chi connectivity index (χ4v) is 3.55. The van der Waals surface area contributed by atoms with E-state index in [9.17, 15) is 0 Å². The SMILES string of the molecule is Cc1cnn(C[C@@H]2CN(c3ncnc4sccc34)CCO2)c1. The average Bonchev–Trinajstić information content (AvgIpc) is 3.16. The molecule has 1 aliphatic heterocycles. The second-order valence-electron chi connectivity index (χ2n) is 5.52. The van der Waals surface area contributed by atoms with E-state index < -0.39 is 0 Å². The van der Waals surface area contributed by atoms with Gasteiger partial charge in [-0.2, -0.15) is 5.10 Å². The summed E-state index contributed by atoms with van der Waals surface area (Å²) < 4.78 is 7.84. The Kier molecular flexibility index (Phi) is 3.51. The molecule has 7 heteroatoms. The Labute approximate surface area is 132 Å². The largest absolute Gasteiger partial charge is 0.373 e. The van der Waals surface area contributed by atoms with Crippen molar-refractivity contribution >= 4 is 27.4 Å². The summed E-state index contributed by atoms with van der Waals surface area (Å²) in [6.45, 7) is 5.20. The molecule has 4 rings (SSSR count). The molecule has 0 radical (unpaired) electrons. The first-order valence-corrected chi connectivity index (χ1v) is 8.21. The molecule has 1 atom stereocenters. The number of nitrogens with zero attached hydrogens (tertiary/aromatic N) is 5. The first-order chi connectivity index (χ1) is 10.8. The van der Waals surface area contributed by atoms with E-state index in [1.807, 2.05) is 24.0 Å². The number of rotatable bonds is 3. The Morgan fingerprint density at radius 3 is 3.23 bits per heavy atom. The van der Waals surface area contributed by atoms with Crippen LogP contribution < -0.4 is 4.90 Å². The molecule has 0 spiro atoms. The van der Waals surface area contributed by atoms with Gasteiger partial charge in [0.25, 0.3) is 0 Å². The molecule has 3 aromatic rings. The van der Waals surface area contributed by atoms with Gasteiger partial charge >= 0.3 is 0 Å². The lowest BCUT2D eigenvalue weighted by molar-refractivity contribution is 0.0272. The van der Waals surface area contributed by atoms with Crippen molar-refractivity contribution < 1.29 is 4.74 Å². The molecule has 3 aromatic heterocycles. The number of aromatic nitrogens is 4. The summed E-state index contributed by atoms with van der Waals surface area (Å²) in [5.41, 5.74) is 1.17. The van der Waals surface area contributed by atoms with Crippen molar-refractivity contribution in [2.75, 3.05) is 24.6 Å². The Morgan fingerprint density at radius 1 is 1.41 bits per heavy atom. The second-order valence-corrected chi connectivity index (χ2v) is 6.41. The van der Waals surface area contributed by atoms with Gasteiger partial charge in [0.1, 0.15) is 17.0 Å². The Morgan fingerprint density at radius 2 is 2.36 bits per heavy atom. The molecule has 0 bridgehead atoms. The van der Waals surface area contributed by atoms with Crippen LogP contribution in [0.2, 0.25) is 0 Å². The number of anilines is 1. The van der Waals surface area contributed by atoms with E-state index in [1.54, 1.807) is 17.7 Å². The molecule has 1 fully saturated rings. The number of morpholine rings is 1. The van der Waals surface area contributed by atoms with E-state index >= 15 is 0 Å². The van der Waals surface area contributed by atoms with Crippen LogP contribution in [-0.4, -0.2) is 45.5 Å². The summed E-state index contributed by atoms with van der Waals surface area (Å²) in [5.74, 6) is 1.01. The molecule has 0 amide bonds. The predicted octanol–water partition coefficient (Wildman–Crippen LogP) is 2.10. The highest BCUT2D eigenvalue weighted by Crippen LogP contribution is 2.27. The van der Waals surface area contributed by atoms with Crippen LogP contribution in [0.15, 0.2) is 30.2 Å². The van der Waals surface area contributed by atoms with Crippen molar-refractivity contribution in [3.05, 3.63) is 35.7 Å². The van der Waals surface area contributed by atoms with Gasteiger partial charge < -0.3 is 9.64 Å². The van der Waals surface area contributed by atoms with Crippen molar-refractivity contribution in [2.45, 2.75) is 19.6 Å². The molecule has 0 aliphatic carbocycles. The fourth-order valence-electron chi connectivity index (χ4n) is 2.83. The van der Waals surface area contributed by atoms with Crippen LogP contribution in [0.1, 0.15) is 5.56 Å². The third-order valence-corrected chi connectivity index (χ3v) is 4.65. The highest BCUT2D eigenvalue weighted by molar-refractivity contribution is 7.16. The minimum Gasteiger partial charge on any atom is -0.373 e. The maximum atomic E-state index is 5.89. The number of hydrogen-bond acceptors (Lipinski definition) is 6. The Hall–Kier alpha value is -1.99. The quantitative estimate of drug-likeness (QED) is 0.741. The number of fused-ring (bicyclic) bond motifs is 1. The van der Waals surface area contributed by atoms with Crippen molar-refractivity contribution in [3.63, 3.8) is 0 Å². The van der Waals surface area contributed by atoms with Crippen LogP contribution in [0.3, 0.4) is 0 Å². The first kappa shape index (κ1) is 13.7. The molecule has 1 saturated heterocycles. The van der Waals surface area contributed by atoms with Crippen molar-refractivity contribution in [3.8, 4) is 0 Å². The number of aryl methyl sites for hydroxylation is 1. The molecule has 1 aliphatic rings. The van der Waals surface area contributed by atoms with Crippen LogP contribution in [0, 0.1) is 6.92 Å². The molecule has 114 valence electrons. The van der Waals surface area contributed by atoms with Gasteiger partial charge in [0, 0.05) is 19.3 Å². The smallest absolute Gasteiger partial charge is 0.140 e. The first-order valence-electron chi connectivity index (χ1n) is 7.33. The third kappa shape index (κ3) is 2.57. The van der Waals surface area contributed by atoms with Gasteiger partial charge in [0.05, 0.1) is 30.8 Å². The van der Waals surface area contributed by atoms with Crippen molar-refractivity contribution in [1.82, 2.24) is 19.7 Å². The van der Waals surface area contributed by atoms with E-state index in [4.69, 9.17) is 4.74 Å². The zero-order chi connectivity index (χ0) is 14.9. The van der Waals surface area contributed by atoms with E-state index in [-0.39, 0.29) is 6.10 Å². The van der Waals surface area contributed by atoms with Crippen LogP contribution in [-0.2, 0) is 11.3 Å². The second kappa shape index (κ2) is 5.66. The van der Waals surface area contributed by atoms with Gasteiger partial charge in [-0.3, -0.25) is 4.68 Å². The predicted molar refractivity (Wildman–Crippen MR) is 86.3 cm³/mol. The van der Waals surface area contributed by atoms with Gasteiger partial charge in [-0.25, -0.2) is 9.97 Å². The van der Waals surface area contributed by atoms with Crippen molar-refractivity contribution in [2.24, 2.45) is 0 Å². The van der Waals surface area contributed by atoms with Crippen LogP contribution >= 0.6 is 11.3 Å². The van der Waals surface area contributed by atoms with E-state index in [2.05, 4.69) is 31.4 Å². The van der Waals surface area contributed by atoms with Gasteiger partial charge in [-0.05, 0) is 23.9 Å². The molecule has 0 saturated carbocycles. The summed E-state index contributed by atoms with van der Waals surface area (Å²) >= 11 is 1.65. The minimum atomic E-state index is 0.122. The summed E-state index contributed by atoms with van der Waals surface area (Å²) in [5, 5.41) is 7.53. The lowest BCUT2D eigenvalue weighted by atomic mass is 10.2. The lowest BCUT2D eigenvalue weighted by Gasteiger charge is -2.33. The molecule has 0 N–H and O–H groups in total. The molecule has 4 heterocycles. The van der Waals surface area contributed by atoms with E-state index in [0.29, 0.717) is 6.61 Å². The molecule has 6 nitrogen and oxygen atoms in total. The monoisotopic (exact) mass is 315 g/mol. The van der Waals surface area contributed by atoms with Crippen molar-refractivity contribution in [1.29, 1.82) is 0 Å². The maximum Gasteiger partial charge on any atom is 0.140 e. The maximum absolute atomic E-state index is 5.89. The van der Waals surface area contributed by atoms with E-state index in [0.717, 1.165) is 35.7 Å². The molecular weight excluding hydrogens is 298 g/mol. The third-order valence-electron chi connectivity index (χ3n) is 3.83. The average molecular weight is 315 g/mol. The highest BCUT2D eigenvalue weighted by atomic mass is 32.1. The molecule has 22 heavy (non-hydrogen) atoms. The summed E-state index contributed by atoms with van der Waals surface area (Å²) in [6, 6.07) is 2.09. The van der Waals surface area contributed by atoms with Gasteiger partial charge in [0.2, 0.25) is 0 Å². The zero-order valence-corrected chi connectivity index (χ0v) is 13.2. The summed E-state index contributed by atoms with van der Waals surface area (Å²) in [7, 11) is 0. The minimum absolute atomic E-state index is 0.122.